The van der Waals surface area contributed by atoms with E-state index in [0.717, 1.165) is 31.6 Å². The Morgan fingerprint density at radius 1 is 0.941 bits per heavy atom. The smallest absolute Gasteiger partial charge is 0.406 e. The lowest BCUT2D eigenvalue weighted by molar-refractivity contribution is -0.274. The van der Waals surface area contributed by atoms with Crippen molar-refractivity contribution in [3.05, 3.63) is 96.1 Å². The van der Waals surface area contributed by atoms with Gasteiger partial charge < -0.3 is 15.0 Å². The van der Waals surface area contributed by atoms with Gasteiger partial charge in [0.25, 0.3) is 0 Å². The van der Waals surface area contributed by atoms with Crippen molar-refractivity contribution in [1.29, 1.82) is 0 Å². The molecule has 0 aliphatic carbocycles. The lowest BCUT2D eigenvalue weighted by Crippen LogP contribution is -2.43. The van der Waals surface area contributed by atoms with E-state index in [1.165, 1.54) is 29.8 Å². The Bertz CT molecular complexity index is 1060. The molecule has 5 nitrogen and oxygen atoms in total. The van der Waals surface area contributed by atoms with Gasteiger partial charge in [0.2, 0.25) is 0 Å². The van der Waals surface area contributed by atoms with Crippen LogP contribution >= 0.6 is 0 Å². The molecule has 34 heavy (non-hydrogen) atoms. The van der Waals surface area contributed by atoms with Crippen molar-refractivity contribution in [2.45, 2.75) is 31.9 Å². The molecule has 1 heterocycles. The van der Waals surface area contributed by atoms with Crippen molar-refractivity contribution in [3.63, 3.8) is 0 Å². The molecule has 0 radical (unpaired) electrons. The molecule has 1 atom stereocenters. The number of benzene rings is 3. The predicted octanol–water partition coefficient (Wildman–Crippen LogP) is 5.89. The van der Waals surface area contributed by atoms with Gasteiger partial charge in [-0.3, -0.25) is 4.90 Å². The van der Waals surface area contributed by atoms with E-state index in [9.17, 15) is 18.0 Å². The average Bonchev–Trinajstić information content (AvgIpc) is 3.27. The summed E-state index contributed by atoms with van der Waals surface area (Å²) in [6.45, 7) is 2.87. The number of urea groups is 1. The summed E-state index contributed by atoms with van der Waals surface area (Å²) in [7, 11) is 0. The zero-order chi connectivity index (χ0) is 24.0. The second kappa shape index (κ2) is 10.6. The Balaban J connectivity index is 1.44. The first-order valence-corrected chi connectivity index (χ1v) is 11.1. The molecule has 1 aliphatic rings. The van der Waals surface area contributed by atoms with E-state index in [2.05, 4.69) is 27.1 Å². The highest BCUT2D eigenvalue weighted by Gasteiger charge is 2.32. The fraction of sp³-hybridized carbons (Fsp3) is 0.269. The Morgan fingerprint density at radius 3 is 2.18 bits per heavy atom. The van der Waals surface area contributed by atoms with Crippen LogP contribution in [0.3, 0.4) is 0 Å². The number of amides is 2. The summed E-state index contributed by atoms with van der Waals surface area (Å²) in [5, 5.41) is 2.83. The topological polar surface area (TPSA) is 44.8 Å². The van der Waals surface area contributed by atoms with Gasteiger partial charge in [-0.25, -0.2) is 4.79 Å². The molecule has 0 saturated carbocycles. The molecule has 1 fully saturated rings. The zero-order valence-electron chi connectivity index (χ0n) is 18.5. The average molecular weight is 470 g/mol. The first-order valence-electron chi connectivity index (χ1n) is 11.1. The van der Waals surface area contributed by atoms with Crippen LogP contribution in [0, 0.1) is 0 Å². The SMILES string of the molecule is O=C(Nc1ccc(OC(F)(F)F)cc1)N(Cc1ccccc1)C1CCN(Cc2ccccc2)C1. The van der Waals surface area contributed by atoms with Gasteiger partial charge in [0, 0.05) is 37.9 Å². The largest absolute Gasteiger partial charge is 0.573 e. The molecule has 3 aromatic carbocycles. The van der Waals surface area contributed by atoms with Gasteiger partial charge in [-0.2, -0.15) is 0 Å². The summed E-state index contributed by atoms with van der Waals surface area (Å²) in [6, 6.07) is 24.8. The van der Waals surface area contributed by atoms with Crippen LogP contribution in [0.15, 0.2) is 84.9 Å². The van der Waals surface area contributed by atoms with Crippen molar-refractivity contribution in [2.24, 2.45) is 0 Å². The van der Waals surface area contributed by atoms with E-state index in [4.69, 9.17) is 0 Å². The Labute approximate surface area is 196 Å². The summed E-state index contributed by atoms with van der Waals surface area (Å²) in [6.07, 6.45) is -3.92. The van der Waals surface area contributed by atoms with E-state index < -0.39 is 6.36 Å². The summed E-state index contributed by atoms with van der Waals surface area (Å²) < 4.78 is 41.1. The molecule has 0 spiro atoms. The van der Waals surface area contributed by atoms with Crippen molar-refractivity contribution in [3.8, 4) is 5.75 Å². The van der Waals surface area contributed by atoms with Crippen LogP contribution in [0.5, 0.6) is 5.75 Å². The van der Waals surface area contributed by atoms with Crippen molar-refractivity contribution in [1.82, 2.24) is 9.80 Å². The summed E-state index contributed by atoms with van der Waals surface area (Å²) >= 11 is 0. The zero-order valence-corrected chi connectivity index (χ0v) is 18.5. The second-order valence-electron chi connectivity index (χ2n) is 8.28. The third-order valence-electron chi connectivity index (χ3n) is 5.73. The van der Waals surface area contributed by atoms with E-state index in [1.54, 1.807) is 4.90 Å². The minimum absolute atomic E-state index is 0.0109. The van der Waals surface area contributed by atoms with Crippen LogP contribution in [0.1, 0.15) is 17.5 Å². The molecule has 1 saturated heterocycles. The van der Waals surface area contributed by atoms with Gasteiger partial charge in [-0.15, -0.1) is 13.2 Å². The molecule has 2 amide bonds. The van der Waals surface area contributed by atoms with Crippen molar-refractivity contribution < 1.29 is 22.7 Å². The van der Waals surface area contributed by atoms with Crippen LogP contribution < -0.4 is 10.1 Å². The van der Waals surface area contributed by atoms with Crippen LogP contribution in [0.25, 0.3) is 0 Å². The van der Waals surface area contributed by atoms with Crippen LogP contribution in [0.2, 0.25) is 0 Å². The number of anilines is 1. The molecule has 8 heteroatoms. The molecule has 1 unspecified atom stereocenters. The summed E-state index contributed by atoms with van der Waals surface area (Å²) in [5.41, 5.74) is 2.63. The Hall–Kier alpha value is -3.52. The predicted molar refractivity (Wildman–Crippen MR) is 124 cm³/mol. The first-order chi connectivity index (χ1) is 16.4. The van der Waals surface area contributed by atoms with Gasteiger partial charge in [-0.05, 0) is 41.8 Å². The lowest BCUT2D eigenvalue weighted by Gasteiger charge is -2.30. The Morgan fingerprint density at radius 2 is 1.56 bits per heavy atom. The van der Waals surface area contributed by atoms with Crippen molar-refractivity contribution in [2.75, 3.05) is 18.4 Å². The van der Waals surface area contributed by atoms with E-state index in [1.807, 2.05) is 48.5 Å². The molecule has 0 aromatic heterocycles. The number of hydrogen-bond donors (Lipinski definition) is 1. The highest BCUT2D eigenvalue weighted by molar-refractivity contribution is 5.89. The molecular weight excluding hydrogens is 443 g/mol. The first kappa shape index (κ1) is 23.6. The van der Waals surface area contributed by atoms with Gasteiger partial charge >= 0.3 is 12.4 Å². The van der Waals surface area contributed by atoms with E-state index in [0.29, 0.717) is 12.2 Å². The van der Waals surface area contributed by atoms with Gasteiger partial charge in [0.1, 0.15) is 5.75 Å². The third kappa shape index (κ3) is 6.74. The van der Waals surface area contributed by atoms with E-state index in [-0.39, 0.29) is 17.8 Å². The number of alkyl halides is 3. The molecule has 0 bridgehead atoms. The maximum absolute atomic E-state index is 13.3. The van der Waals surface area contributed by atoms with Gasteiger partial charge in [0.15, 0.2) is 0 Å². The number of nitrogens with zero attached hydrogens (tertiary/aromatic N) is 2. The molecule has 178 valence electrons. The Kier molecular flexibility index (Phi) is 7.37. The highest BCUT2D eigenvalue weighted by atomic mass is 19.4. The molecule has 1 aliphatic heterocycles. The molecule has 4 rings (SSSR count). The highest BCUT2D eigenvalue weighted by Crippen LogP contribution is 2.25. The number of hydrogen-bond acceptors (Lipinski definition) is 3. The summed E-state index contributed by atoms with van der Waals surface area (Å²) in [5.74, 6) is -0.334. The summed E-state index contributed by atoms with van der Waals surface area (Å²) in [4.78, 5) is 17.4. The van der Waals surface area contributed by atoms with Gasteiger partial charge in [0.05, 0.1) is 0 Å². The fourth-order valence-electron chi connectivity index (χ4n) is 4.13. The number of halogens is 3. The van der Waals surface area contributed by atoms with Crippen LogP contribution in [0.4, 0.5) is 23.7 Å². The molecular formula is C26H26F3N3O2. The third-order valence-corrected chi connectivity index (χ3v) is 5.73. The van der Waals surface area contributed by atoms with Gasteiger partial charge in [-0.1, -0.05) is 60.7 Å². The maximum atomic E-state index is 13.3. The number of carbonyl (C=O) groups is 1. The standard InChI is InChI=1S/C26H26F3N3O2/c27-26(28,29)34-24-13-11-22(12-14-24)30-25(33)32(18-21-9-5-2-6-10-21)23-15-16-31(19-23)17-20-7-3-1-4-8-20/h1-14,23H,15-19H2,(H,30,33). The van der Waals surface area contributed by atoms with Crippen LogP contribution in [-0.4, -0.2) is 41.3 Å². The second-order valence-corrected chi connectivity index (χ2v) is 8.28. The quantitative estimate of drug-likeness (QED) is 0.469. The van der Waals surface area contributed by atoms with Crippen molar-refractivity contribution >= 4 is 11.7 Å². The number of nitrogens with one attached hydrogen (secondary N) is 1. The number of ether oxygens (including phenoxy) is 1. The number of rotatable bonds is 7. The number of likely N-dealkylation sites (tertiary alicyclic amines) is 1. The minimum Gasteiger partial charge on any atom is -0.406 e. The minimum atomic E-state index is -4.76. The molecule has 3 aromatic rings. The van der Waals surface area contributed by atoms with E-state index >= 15 is 0 Å². The maximum Gasteiger partial charge on any atom is 0.573 e. The normalized spacial score (nSPS) is 16.3. The monoisotopic (exact) mass is 469 g/mol. The number of carbonyl (C=O) groups excluding carboxylic acids is 1. The van der Waals surface area contributed by atoms with Crippen LogP contribution in [-0.2, 0) is 13.1 Å². The molecule has 1 N–H and O–H groups in total. The fourth-order valence-corrected chi connectivity index (χ4v) is 4.13. The lowest BCUT2D eigenvalue weighted by atomic mass is 10.1.